The number of nitrogens with two attached hydrogens (primary N) is 1. The Kier molecular flexibility index (Phi) is 3.06. The molecule has 0 radical (unpaired) electrons. The lowest BCUT2D eigenvalue weighted by Crippen LogP contribution is -2.17. The Labute approximate surface area is 90.5 Å². The lowest BCUT2D eigenvalue weighted by atomic mass is 9.86. The monoisotopic (exact) mass is 207 g/mol. The van der Waals surface area contributed by atoms with Crippen molar-refractivity contribution in [2.24, 2.45) is 11.7 Å². The number of hydrogen-bond acceptors (Lipinski definition) is 1. The molecule has 0 saturated heterocycles. The number of benzene rings is 1. The molecule has 82 valence electrons. The van der Waals surface area contributed by atoms with E-state index in [1.54, 1.807) is 6.07 Å². The van der Waals surface area contributed by atoms with Crippen LogP contribution in [-0.2, 0) is 0 Å². The minimum absolute atomic E-state index is 0.127. The van der Waals surface area contributed by atoms with Gasteiger partial charge in [0.25, 0.3) is 0 Å². The van der Waals surface area contributed by atoms with Crippen molar-refractivity contribution in [1.29, 1.82) is 0 Å². The van der Waals surface area contributed by atoms with E-state index < -0.39 is 0 Å². The molecule has 2 atom stereocenters. The zero-order valence-corrected chi connectivity index (χ0v) is 9.17. The maximum atomic E-state index is 13.2. The van der Waals surface area contributed by atoms with E-state index >= 15 is 0 Å². The lowest BCUT2D eigenvalue weighted by Gasteiger charge is -2.20. The summed E-state index contributed by atoms with van der Waals surface area (Å²) in [6, 6.07) is 5.09. The number of rotatable bonds is 2. The fraction of sp³-hybridized carbons (Fsp3) is 0.538. The quantitative estimate of drug-likeness (QED) is 0.792. The predicted octanol–water partition coefficient (Wildman–Crippen LogP) is 2.98. The molecule has 2 rings (SSSR count). The second-order valence-electron chi connectivity index (χ2n) is 4.53. The first-order chi connectivity index (χ1) is 7.22. The van der Waals surface area contributed by atoms with E-state index in [-0.39, 0.29) is 5.82 Å². The summed E-state index contributed by atoms with van der Waals surface area (Å²) >= 11 is 0. The third-order valence-electron chi connectivity index (χ3n) is 3.60. The Balaban J connectivity index is 2.31. The van der Waals surface area contributed by atoms with Gasteiger partial charge in [-0.2, -0.15) is 0 Å². The Morgan fingerprint density at radius 2 is 2.20 bits per heavy atom. The molecule has 1 aliphatic rings. The van der Waals surface area contributed by atoms with Gasteiger partial charge in [0, 0.05) is 0 Å². The first kappa shape index (κ1) is 10.6. The minimum atomic E-state index is -0.127. The van der Waals surface area contributed by atoms with E-state index in [2.05, 4.69) is 6.92 Å². The fourth-order valence-corrected chi connectivity index (χ4v) is 2.74. The van der Waals surface area contributed by atoms with Gasteiger partial charge in [0.2, 0.25) is 0 Å². The first-order valence-electron chi connectivity index (χ1n) is 5.68. The summed E-state index contributed by atoms with van der Waals surface area (Å²) in [5, 5.41) is 0. The van der Waals surface area contributed by atoms with Crippen LogP contribution in [0.1, 0.15) is 36.3 Å². The van der Waals surface area contributed by atoms with Gasteiger partial charge in [-0.1, -0.05) is 12.5 Å². The van der Waals surface area contributed by atoms with Crippen LogP contribution in [0, 0.1) is 18.7 Å². The zero-order valence-electron chi connectivity index (χ0n) is 9.17. The number of hydrogen-bond donors (Lipinski definition) is 1. The molecule has 1 aromatic carbocycles. The van der Waals surface area contributed by atoms with Crippen molar-refractivity contribution in [3.8, 4) is 0 Å². The van der Waals surface area contributed by atoms with E-state index in [0.29, 0.717) is 11.8 Å². The van der Waals surface area contributed by atoms with Crippen LogP contribution in [0.25, 0.3) is 0 Å². The van der Waals surface area contributed by atoms with Gasteiger partial charge in [-0.25, -0.2) is 4.39 Å². The van der Waals surface area contributed by atoms with Gasteiger partial charge in [0.1, 0.15) is 5.82 Å². The van der Waals surface area contributed by atoms with E-state index in [0.717, 1.165) is 13.0 Å². The molecule has 1 aliphatic carbocycles. The van der Waals surface area contributed by atoms with Crippen molar-refractivity contribution in [3.63, 3.8) is 0 Å². The summed E-state index contributed by atoms with van der Waals surface area (Å²) < 4.78 is 13.2. The predicted molar refractivity (Wildman–Crippen MR) is 60.3 cm³/mol. The van der Waals surface area contributed by atoms with Gasteiger partial charge in [0.05, 0.1) is 0 Å². The highest BCUT2D eigenvalue weighted by Crippen LogP contribution is 2.40. The zero-order chi connectivity index (χ0) is 10.8. The summed E-state index contributed by atoms with van der Waals surface area (Å²) in [5.41, 5.74) is 8.12. The van der Waals surface area contributed by atoms with Crippen molar-refractivity contribution >= 4 is 0 Å². The van der Waals surface area contributed by atoms with Crippen molar-refractivity contribution in [1.82, 2.24) is 0 Å². The first-order valence-corrected chi connectivity index (χ1v) is 5.68. The molecule has 1 fully saturated rings. The van der Waals surface area contributed by atoms with Crippen LogP contribution in [0.3, 0.4) is 0 Å². The second-order valence-corrected chi connectivity index (χ2v) is 4.53. The van der Waals surface area contributed by atoms with E-state index in [1.807, 2.05) is 6.07 Å². The van der Waals surface area contributed by atoms with Crippen molar-refractivity contribution in [2.75, 3.05) is 6.54 Å². The molecule has 15 heavy (non-hydrogen) atoms. The molecule has 0 heterocycles. The van der Waals surface area contributed by atoms with Crippen molar-refractivity contribution in [2.45, 2.75) is 32.1 Å². The Bertz CT molecular complexity index is 348. The largest absolute Gasteiger partial charge is 0.330 e. The smallest absolute Gasteiger partial charge is 0.123 e. The van der Waals surface area contributed by atoms with Gasteiger partial charge in [0.15, 0.2) is 0 Å². The highest BCUT2D eigenvalue weighted by molar-refractivity contribution is 5.31. The summed E-state index contributed by atoms with van der Waals surface area (Å²) in [6.07, 6.45) is 3.58. The summed E-state index contributed by atoms with van der Waals surface area (Å²) in [6.45, 7) is 2.78. The van der Waals surface area contributed by atoms with Gasteiger partial charge in [-0.15, -0.1) is 0 Å². The van der Waals surface area contributed by atoms with Gasteiger partial charge in [-0.05, 0) is 61.4 Å². The average molecular weight is 207 g/mol. The van der Waals surface area contributed by atoms with E-state index in [4.69, 9.17) is 5.73 Å². The van der Waals surface area contributed by atoms with Crippen molar-refractivity contribution in [3.05, 3.63) is 35.1 Å². The molecule has 0 spiro atoms. The summed E-state index contributed by atoms with van der Waals surface area (Å²) in [7, 11) is 0. The van der Waals surface area contributed by atoms with Crippen LogP contribution in [0.2, 0.25) is 0 Å². The molecular weight excluding hydrogens is 189 g/mol. The maximum Gasteiger partial charge on any atom is 0.123 e. The number of aryl methyl sites for hydroxylation is 1. The second kappa shape index (κ2) is 4.31. The fourth-order valence-electron chi connectivity index (χ4n) is 2.74. The molecule has 0 amide bonds. The molecule has 1 saturated carbocycles. The Morgan fingerprint density at radius 1 is 1.40 bits per heavy atom. The third kappa shape index (κ3) is 2.05. The molecular formula is C13H18FN. The summed E-state index contributed by atoms with van der Waals surface area (Å²) in [5.74, 6) is 0.898. The van der Waals surface area contributed by atoms with Crippen LogP contribution in [0.4, 0.5) is 4.39 Å². The topological polar surface area (TPSA) is 26.0 Å². The van der Waals surface area contributed by atoms with Gasteiger partial charge < -0.3 is 5.73 Å². The molecule has 2 N–H and O–H groups in total. The molecule has 0 aromatic heterocycles. The normalized spacial score (nSPS) is 25.8. The molecule has 1 nitrogen and oxygen atoms in total. The van der Waals surface area contributed by atoms with E-state index in [1.165, 1.54) is 30.0 Å². The molecule has 2 unspecified atom stereocenters. The molecule has 1 aromatic rings. The molecule has 2 heteroatoms. The Hall–Kier alpha value is -0.890. The van der Waals surface area contributed by atoms with Gasteiger partial charge in [-0.3, -0.25) is 0 Å². The average Bonchev–Trinajstić information content (AvgIpc) is 2.69. The standard InChI is InChI=1S/C13H18FN/c1-9-5-6-11(14)7-13(9)12-4-2-3-10(12)8-15/h5-7,10,12H,2-4,8,15H2,1H3. The van der Waals surface area contributed by atoms with Crippen LogP contribution in [-0.4, -0.2) is 6.54 Å². The molecule has 0 aliphatic heterocycles. The third-order valence-corrected chi connectivity index (χ3v) is 3.60. The van der Waals surface area contributed by atoms with Crippen LogP contribution in [0.5, 0.6) is 0 Å². The van der Waals surface area contributed by atoms with E-state index in [9.17, 15) is 4.39 Å². The maximum absolute atomic E-state index is 13.2. The highest BCUT2D eigenvalue weighted by Gasteiger charge is 2.28. The SMILES string of the molecule is Cc1ccc(F)cc1C1CCCC1CN. The summed E-state index contributed by atoms with van der Waals surface area (Å²) in [4.78, 5) is 0. The molecule has 0 bridgehead atoms. The Morgan fingerprint density at radius 3 is 2.93 bits per heavy atom. The minimum Gasteiger partial charge on any atom is -0.330 e. The highest BCUT2D eigenvalue weighted by atomic mass is 19.1. The lowest BCUT2D eigenvalue weighted by molar-refractivity contribution is 0.491. The van der Waals surface area contributed by atoms with Crippen LogP contribution < -0.4 is 5.73 Å². The van der Waals surface area contributed by atoms with Crippen molar-refractivity contribution < 1.29 is 4.39 Å². The van der Waals surface area contributed by atoms with Crippen LogP contribution in [0.15, 0.2) is 18.2 Å². The van der Waals surface area contributed by atoms with Gasteiger partial charge >= 0.3 is 0 Å². The van der Waals surface area contributed by atoms with Crippen LogP contribution >= 0.6 is 0 Å². The number of halogens is 1.